The number of hydrogen-bond acceptors (Lipinski definition) is 4. The number of carboxylic acids is 1. The molecule has 4 rings (SSSR count). The number of hydrogen-bond donors (Lipinski definition) is 2. The van der Waals surface area contributed by atoms with Gasteiger partial charge >= 0.3 is 5.97 Å². The molecule has 3 aromatic carbocycles. The number of ether oxygens (including phenoxy) is 2. The van der Waals surface area contributed by atoms with Crippen molar-refractivity contribution >= 4 is 23.5 Å². The van der Waals surface area contributed by atoms with E-state index in [0.717, 1.165) is 6.42 Å². The Hall–Kier alpha value is -3.51. The zero-order valence-electron chi connectivity index (χ0n) is 21.1. The first kappa shape index (κ1) is 27.1. The number of halogens is 1. The monoisotopic (exact) mass is 509 g/mol. The molecule has 0 spiro atoms. The molecule has 0 bridgehead atoms. The summed E-state index contributed by atoms with van der Waals surface area (Å²) < 4.78 is 11.5. The lowest BCUT2D eigenvalue weighted by Crippen LogP contribution is -2.25. The van der Waals surface area contributed by atoms with Gasteiger partial charge in [0.1, 0.15) is 17.2 Å². The Kier molecular flexibility index (Phi) is 9.37. The summed E-state index contributed by atoms with van der Waals surface area (Å²) in [5.41, 5.74) is 4.73. The first-order valence-corrected chi connectivity index (χ1v) is 12.5. The molecule has 1 aliphatic rings. The number of aryl methyl sites for hydroxylation is 2. The molecule has 0 fully saturated rings. The summed E-state index contributed by atoms with van der Waals surface area (Å²) in [6, 6.07) is 16.3. The van der Waals surface area contributed by atoms with Gasteiger partial charge in [0.15, 0.2) is 0 Å². The maximum absolute atomic E-state index is 12.5. The van der Waals surface area contributed by atoms with Crippen LogP contribution in [0.25, 0.3) is 0 Å². The molecule has 36 heavy (non-hydrogen) atoms. The molecule has 1 unspecified atom stereocenters. The number of carboxylic acid groups (broad SMARTS) is 1. The highest BCUT2D eigenvalue weighted by Gasteiger charge is 2.29. The second kappa shape index (κ2) is 12.5. The summed E-state index contributed by atoms with van der Waals surface area (Å²) in [5.74, 6) is -0.398. The Morgan fingerprint density at radius 1 is 1.08 bits per heavy atom. The van der Waals surface area contributed by atoms with E-state index in [0.29, 0.717) is 53.0 Å². The number of aliphatic carboxylic acids is 1. The number of amides is 1. The molecular formula is C29H32ClNO5. The van der Waals surface area contributed by atoms with Gasteiger partial charge in [-0.2, -0.15) is 0 Å². The first-order valence-electron chi connectivity index (χ1n) is 12.1. The van der Waals surface area contributed by atoms with Crippen LogP contribution in [0.2, 0.25) is 5.02 Å². The van der Waals surface area contributed by atoms with Crippen LogP contribution in [-0.4, -0.2) is 30.1 Å². The zero-order valence-corrected chi connectivity index (χ0v) is 21.8. The number of fused-ring (bicyclic) bond motifs is 1. The Morgan fingerprint density at radius 3 is 2.47 bits per heavy atom. The molecule has 1 atom stereocenters. The van der Waals surface area contributed by atoms with Crippen LogP contribution in [0.15, 0.2) is 54.6 Å². The van der Waals surface area contributed by atoms with Crippen LogP contribution < -0.4 is 14.8 Å². The van der Waals surface area contributed by atoms with Gasteiger partial charge < -0.3 is 19.9 Å². The van der Waals surface area contributed by atoms with E-state index in [9.17, 15) is 14.7 Å². The second-order valence-electron chi connectivity index (χ2n) is 8.41. The summed E-state index contributed by atoms with van der Waals surface area (Å²) in [6.45, 7) is 9.00. The number of benzene rings is 3. The van der Waals surface area contributed by atoms with E-state index >= 15 is 0 Å². The summed E-state index contributed by atoms with van der Waals surface area (Å²) >= 11 is 6.35. The van der Waals surface area contributed by atoms with Crippen LogP contribution in [-0.2, 0) is 11.2 Å². The van der Waals surface area contributed by atoms with Crippen molar-refractivity contribution in [3.8, 4) is 17.2 Å². The number of nitrogens with one attached hydrogen (secondary N) is 1. The molecule has 6 nitrogen and oxygen atoms in total. The first-order chi connectivity index (χ1) is 17.3. The maximum Gasteiger partial charge on any atom is 0.311 e. The van der Waals surface area contributed by atoms with Crippen LogP contribution >= 0.6 is 11.6 Å². The smallest absolute Gasteiger partial charge is 0.311 e. The lowest BCUT2D eigenvalue weighted by atomic mass is 9.93. The van der Waals surface area contributed by atoms with Crippen LogP contribution in [0.1, 0.15) is 58.8 Å². The van der Waals surface area contributed by atoms with Gasteiger partial charge in [-0.1, -0.05) is 49.2 Å². The normalized spacial score (nSPS) is 14.0. The molecule has 0 radical (unpaired) electrons. The molecule has 3 aromatic rings. The minimum absolute atomic E-state index is 0.156. The predicted molar refractivity (Wildman–Crippen MR) is 142 cm³/mol. The van der Waals surface area contributed by atoms with Crippen molar-refractivity contribution in [2.45, 2.75) is 46.5 Å². The fourth-order valence-corrected chi connectivity index (χ4v) is 4.28. The molecular weight excluding hydrogens is 478 g/mol. The van der Waals surface area contributed by atoms with Gasteiger partial charge in [-0.25, -0.2) is 0 Å². The Balaban J connectivity index is 0.00000176. The van der Waals surface area contributed by atoms with Gasteiger partial charge in [0.25, 0.3) is 5.91 Å². The quantitative estimate of drug-likeness (QED) is 0.370. The van der Waals surface area contributed by atoms with Crippen LogP contribution in [0.5, 0.6) is 17.2 Å². The molecule has 1 aliphatic heterocycles. The van der Waals surface area contributed by atoms with Crippen molar-refractivity contribution in [2.75, 3.05) is 13.2 Å². The fourth-order valence-electron chi connectivity index (χ4n) is 4.06. The summed E-state index contributed by atoms with van der Waals surface area (Å²) in [6.07, 6.45) is 1.16. The standard InChI is InChI=1S/C27H26ClNO5.C2H6/c1-16-3-4-18(17(2)13-16)9-11-29-26(30)19-5-7-20(8-6-19)34-25-15-24-22(14-23(25)28)21(27(31)32)10-12-33-24;1-2/h3-8,13-15,21H,9-12H2,1-2H3,(H,29,30)(H,31,32);1-2H3. The van der Waals surface area contributed by atoms with Gasteiger partial charge in [-0.15, -0.1) is 0 Å². The highest BCUT2D eigenvalue weighted by molar-refractivity contribution is 6.32. The number of rotatable bonds is 7. The van der Waals surface area contributed by atoms with Crippen LogP contribution in [0.3, 0.4) is 0 Å². The molecule has 0 aliphatic carbocycles. The van der Waals surface area contributed by atoms with E-state index in [4.69, 9.17) is 21.1 Å². The third kappa shape index (κ3) is 6.58. The molecule has 0 saturated carbocycles. The fraction of sp³-hybridized carbons (Fsp3) is 0.310. The average Bonchev–Trinajstić information content (AvgIpc) is 2.87. The van der Waals surface area contributed by atoms with E-state index < -0.39 is 11.9 Å². The van der Waals surface area contributed by atoms with E-state index in [1.54, 1.807) is 36.4 Å². The predicted octanol–water partition coefficient (Wildman–Crippen LogP) is 6.70. The van der Waals surface area contributed by atoms with Crippen molar-refractivity contribution in [1.29, 1.82) is 0 Å². The molecule has 1 amide bonds. The molecule has 1 heterocycles. The van der Waals surface area contributed by atoms with Gasteiger partial charge in [0.05, 0.1) is 17.5 Å². The molecule has 2 N–H and O–H groups in total. The topological polar surface area (TPSA) is 84.9 Å². The highest BCUT2D eigenvalue weighted by Crippen LogP contribution is 2.41. The molecule has 0 aromatic heterocycles. The Bertz CT molecular complexity index is 1220. The number of carbonyl (C=O) groups excluding carboxylic acids is 1. The Morgan fingerprint density at radius 2 is 1.81 bits per heavy atom. The largest absolute Gasteiger partial charge is 0.493 e. The van der Waals surface area contributed by atoms with Gasteiger partial charge in [-0.05, 0) is 68.1 Å². The lowest BCUT2D eigenvalue weighted by molar-refractivity contribution is -0.139. The third-order valence-corrected chi connectivity index (χ3v) is 6.22. The summed E-state index contributed by atoms with van der Waals surface area (Å²) in [7, 11) is 0. The zero-order chi connectivity index (χ0) is 26.2. The molecule has 0 saturated heterocycles. The van der Waals surface area contributed by atoms with Crippen LogP contribution in [0, 0.1) is 13.8 Å². The minimum atomic E-state index is -0.905. The third-order valence-electron chi connectivity index (χ3n) is 5.92. The summed E-state index contributed by atoms with van der Waals surface area (Å²) in [5, 5.41) is 12.7. The van der Waals surface area contributed by atoms with E-state index in [1.165, 1.54) is 16.7 Å². The average molecular weight is 510 g/mol. The van der Waals surface area contributed by atoms with Crippen molar-refractivity contribution in [3.63, 3.8) is 0 Å². The van der Waals surface area contributed by atoms with Crippen molar-refractivity contribution in [2.24, 2.45) is 0 Å². The summed E-state index contributed by atoms with van der Waals surface area (Å²) in [4.78, 5) is 24.0. The van der Waals surface area contributed by atoms with E-state index in [2.05, 4.69) is 37.4 Å². The van der Waals surface area contributed by atoms with E-state index in [1.807, 2.05) is 13.8 Å². The minimum Gasteiger partial charge on any atom is -0.493 e. The molecule has 7 heteroatoms. The highest BCUT2D eigenvalue weighted by atomic mass is 35.5. The lowest BCUT2D eigenvalue weighted by Gasteiger charge is -2.24. The SMILES string of the molecule is CC.Cc1ccc(CCNC(=O)c2ccc(Oc3cc4c(cc3Cl)C(C(=O)O)CCO4)cc2)c(C)c1. The second-order valence-corrected chi connectivity index (χ2v) is 8.82. The Labute approximate surface area is 217 Å². The molecule has 190 valence electrons. The van der Waals surface area contributed by atoms with Crippen LogP contribution in [0.4, 0.5) is 0 Å². The van der Waals surface area contributed by atoms with Crippen molar-refractivity contribution in [3.05, 3.63) is 87.4 Å². The van der Waals surface area contributed by atoms with Gasteiger partial charge in [-0.3, -0.25) is 9.59 Å². The maximum atomic E-state index is 12.5. The van der Waals surface area contributed by atoms with E-state index in [-0.39, 0.29) is 5.91 Å². The van der Waals surface area contributed by atoms with Gasteiger partial charge in [0.2, 0.25) is 0 Å². The van der Waals surface area contributed by atoms with Gasteiger partial charge in [0, 0.05) is 23.7 Å². The van der Waals surface area contributed by atoms with Crippen molar-refractivity contribution < 1.29 is 24.2 Å². The number of carbonyl (C=O) groups is 2. The van der Waals surface area contributed by atoms with Crippen molar-refractivity contribution in [1.82, 2.24) is 5.32 Å².